The topological polar surface area (TPSA) is 188 Å². The molecule has 0 fully saturated rings. The van der Waals surface area contributed by atoms with E-state index in [0.717, 1.165) is 6.29 Å². The monoisotopic (exact) mass is 566 g/mol. The van der Waals surface area contributed by atoms with Gasteiger partial charge in [0, 0.05) is 35.1 Å². The number of rotatable bonds is 4. The number of ketones is 2. The number of phenolic OH excluding ortho intramolecular Hbond substituents is 1. The van der Waals surface area contributed by atoms with Crippen molar-refractivity contribution in [2.75, 3.05) is 0 Å². The summed E-state index contributed by atoms with van der Waals surface area (Å²) in [6.07, 6.45) is 0.311. The molecule has 3 aliphatic rings. The van der Waals surface area contributed by atoms with Crippen LogP contribution < -0.4 is 5.73 Å². The van der Waals surface area contributed by atoms with E-state index in [4.69, 9.17) is 5.73 Å². The Morgan fingerprint density at radius 3 is 2.36 bits per heavy atom. The summed E-state index contributed by atoms with van der Waals surface area (Å²) in [6, 6.07) is 12.1. The van der Waals surface area contributed by atoms with Crippen molar-refractivity contribution in [2.45, 2.75) is 30.9 Å². The lowest BCUT2D eigenvalue weighted by atomic mass is 9.55. The van der Waals surface area contributed by atoms with Crippen molar-refractivity contribution in [1.29, 1.82) is 0 Å². The minimum Gasteiger partial charge on any atom is -0.511 e. The third-order valence-corrected chi connectivity index (χ3v) is 9.05. The normalized spacial score (nSPS) is 26.9. The molecule has 10 nitrogen and oxygen atoms in total. The van der Waals surface area contributed by atoms with Gasteiger partial charge in [0.2, 0.25) is 5.78 Å². The average Bonchev–Trinajstić information content (AvgIpc) is 2.96. The number of carbonyl (C=O) groups excluding carboxylic acids is 3. The van der Waals surface area contributed by atoms with Crippen LogP contribution in [0, 0.1) is 16.7 Å². The molecule has 6 N–H and O–H groups in total. The molecule has 0 radical (unpaired) electrons. The van der Waals surface area contributed by atoms with Crippen LogP contribution in [0.5, 0.6) is 5.75 Å². The van der Waals surface area contributed by atoms with Gasteiger partial charge in [0.15, 0.2) is 17.7 Å². The van der Waals surface area contributed by atoms with Crippen molar-refractivity contribution in [2.24, 2.45) is 22.7 Å². The molecule has 0 aliphatic heterocycles. The smallest absolute Gasteiger partial charge is 0.207 e. The van der Waals surface area contributed by atoms with Crippen molar-refractivity contribution in [3.8, 4) is 16.9 Å². The molecule has 0 amide bonds. The van der Waals surface area contributed by atoms with Gasteiger partial charge < -0.3 is 26.2 Å². The second-order valence-corrected chi connectivity index (χ2v) is 11.0. The Balaban J connectivity index is 1.64. The lowest BCUT2D eigenvalue weighted by molar-refractivity contribution is -0.144. The molecule has 6 rings (SSSR count). The molecule has 3 aromatic rings. The van der Waals surface area contributed by atoms with E-state index >= 15 is 0 Å². The van der Waals surface area contributed by atoms with E-state index in [1.165, 1.54) is 6.07 Å². The number of allylic oxidation sites excluding steroid dienone is 2. The van der Waals surface area contributed by atoms with E-state index in [9.17, 15) is 39.7 Å². The van der Waals surface area contributed by atoms with Gasteiger partial charge in [0.25, 0.3) is 0 Å². The van der Waals surface area contributed by atoms with Gasteiger partial charge in [-0.15, -0.1) is 0 Å². The van der Waals surface area contributed by atoms with Crippen LogP contribution in [0.15, 0.2) is 88.6 Å². The predicted molar refractivity (Wildman–Crippen MR) is 153 cm³/mol. The fraction of sp³-hybridized carbons (Fsp3) is 0.219. The number of hydrogen-bond donors (Lipinski definition) is 5. The first-order chi connectivity index (χ1) is 20.0. The number of carbonyl (C=O) groups is 3. The Morgan fingerprint density at radius 1 is 1.05 bits per heavy atom. The van der Waals surface area contributed by atoms with Crippen LogP contribution in [0.25, 0.3) is 21.9 Å². The summed E-state index contributed by atoms with van der Waals surface area (Å²) in [5.74, 6) is -7.23. The summed E-state index contributed by atoms with van der Waals surface area (Å²) < 4.78 is 0. The molecular formula is C32H26N2O8. The highest BCUT2D eigenvalue weighted by Gasteiger charge is 2.64. The molecule has 10 heteroatoms. The quantitative estimate of drug-likeness (QED) is 0.224. The van der Waals surface area contributed by atoms with Gasteiger partial charge in [-0.2, -0.15) is 4.91 Å². The first-order valence-corrected chi connectivity index (χ1v) is 13.3. The molecule has 0 saturated carbocycles. The van der Waals surface area contributed by atoms with Gasteiger partial charge in [-0.1, -0.05) is 61.1 Å². The number of aldehydes is 1. The Labute approximate surface area is 239 Å². The Kier molecular flexibility index (Phi) is 5.95. The Hall–Kier alpha value is -5.09. The largest absolute Gasteiger partial charge is 0.511 e. The van der Waals surface area contributed by atoms with Crippen LogP contribution in [0.2, 0.25) is 0 Å². The van der Waals surface area contributed by atoms with Crippen LogP contribution in [0.1, 0.15) is 45.5 Å². The highest BCUT2D eigenvalue weighted by Crippen LogP contribution is 2.57. The van der Waals surface area contributed by atoms with Crippen LogP contribution in [-0.2, 0) is 4.79 Å². The fourth-order valence-corrected chi connectivity index (χ4v) is 7.19. The Morgan fingerprint density at radius 2 is 1.71 bits per heavy atom. The number of nitrogens with two attached hydrogens (primary N) is 1. The lowest BCUT2D eigenvalue weighted by Crippen LogP contribution is -2.61. The summed E-state index contributed by atoms with van der Waals surface area (Å²) in [7, 11) is 0. The first kappa shape index (κ1) is 27.1. The van der Waals surface area contributed by atoms with Crippen molar-refractivity contribution in [3.63, 3.8) is 0 Å². The molecule has 0 aromatic heterocycles. The number of Topliss-reactive ketones (excluding diaryl/α,β-unsaturated/α-hetero) is 2. The molecule has 3 aromatic carbocycles. The molecule has 5 atom stereocenters. The van der Waals surface area contributed by atoms with Crippen molar-refractivity contribution in [1.82, 2.24) is 0 Å². The third kappa shape index (κ3) is 3.32. The maximum atomic E-state index is 14.1. The summed E-state index contributed by atoms with van der Waals surface area (Å²) in [4.78, 5) is 51.8. The molecule has 0 bridgehead atoms. The number of benzene rings is 3. The van der Waals surface area contributed by atoms with Crippen LogP contribution >= 0.6 is 0 Å². The predicted octanol–water partition coefficient (Wildman–Crippen LogP) is 4.51. The summed E-state index contributed by atoms with van der Waals surface area (Å²) in [5.41, 5.74) is 3.53. The maximum Gasteiger partial charge on any atom is 0.207 e. The Bertz CT molecular complexity index is 1850. The highest BCUT2D eigenvalue weighted by molar-refractivity contribution is 6.17. The van der Waals surface area contributed by atoms with Gasteiger partial charge in [0.05, 0.1) is 11.1 Å². The number of aliphatic hydroxyl groups excluding tert-OH is 2. The van der Waals surface area contributed by atoms with Gasteiger partial charge in [0.1, 0.15) is 23.3 Å². The van der Waals surface area contributed by atoms with Crippen molar-refractivity contribution in [3.05, 3.63) is 105 Å². The highest BCUT2D eigenvalue weighted by atomic mass is 16.3. The molecule has 0 heterocycles. The van der Waals surface area contributed by atoms with Gasteiger partial charge in [-0.05, 0) is 39.4 Å². The summed E-state index contributed by atoms with van der Waals surface area (Å²) in [6.45, 7) is 5.16. The minimum absolute atomic E-state index is 0.154. The average molecular weight is 567 g/mol. The first-order valence-electron chi connectivity index (χ1n) is 13.3. The lowest BCUT2D eigenvalue weighted by Gasteiger charge is -2.49. The maximum absolute atomic E-state index is 14.1. The van der Waals surface area contributed by atoms with E-state index in [-0.39, 0.29) is 11.3 Å². The number of aromatic hydroxyl groups is 1. The van der Waals surface area contributed by atoms with E-state index < -0.39 is 75.8 Å². The number of nitroso groups, excluding NO2 is 1. The molecule has 42 heavy (non-hydrogen) atoms. The van der Waals surface area contributed by atoms with E-state index in [1.54, 1.807) is 43.3 Å². The standard InChI is InChI=1S/C32H26N2O8/c1-13-23-19(18-8-7-15(12-35)16-5-3-4-6-17(16)18)9-10-21(36)26(23)29(38)27-24(13)28(34-42)20-11-22(37)25(14(2)33)30(39)32(20,41)31(27)40/h3-10,12-13,20,24,28,36-37,40-41H,2,11,33H2,1H3/t13-,20+,24+,28+,32+/m0/s1. The fourth-order valence-electron chi connectivity index (χ4n) is 7.19. The second-order valence-electron chi connectivity index (χ2n) is 11.0. The van der Waals surface area contributed by atoms with Crippen molar-refractivity contribution < 1.29 is 34.8 Å². The number of aliphatic hydroxyl groups is 3. The zero-order valence-corrected chi connectivity index (χ0v) is 22.4. The molecule has 3 aliphatic carbocycles. The van der Waals surface area contributed by atoms with Crippen LogP contribution in [0.3, 0.4) is 0 Å². The molecule has 0 spiro atoms. The SMILES string of the molecule is C=C(N)C1=C(O)C[C@@H]2[C@@H](N=O)[C@H]3C(=C(O)[C@]2(O)C1=O)C(=O)c1c(O)ccc(-c2ccc(C=O)c4ccccc24)c1[C@@H]3C. The van der Waals surface area contributed by atoms with Gasteiger partial charge in [-0.3, -0.25) is 14.4 Å². The number of fused-ring (bicyclic) bond motifs is 4. The van der Waals surface area contributed by atoms with E-state index in [1.807, 2.05) is 6.07 Å². The van der Waals surface area contributed by atoms with E-state index in [0.29, 0.717) is 33.0 Å². The zero-order chi connectivity index (χ0) is 30.2. The second kappa shape index (κ2) is 9.22. The van der Waals surface area contributed by atoms with E-state index in [2.05, 4.69) is 11.8 Å². The zero-order valence-electron chi connectivity index (χ0n) is 22.4. The summed E-state index contributed by atoms with van der Waals surface area (Å²) >= 11 is 0. The van der Waals surface area contributed by atoms with Gasteiger partial charge >= 0.3 is 0 Å². The molecule has 212 valence electrons. The van der Waals surface area contributed by atoms with Gasteiger partial charge in [-0.25, -0.2) is 0 Å². The molecular weight excluding hydrogens is 540 g/mol. The number of hydrogen-bond acceptors (Lipinski definition) is 10. The minimum atomic E-state index is -2.78. The van der Waals surface area contributed by atoms with Crippen LogP contribution in [0.4, 0.5) is 0 Å². The third-order valence-electron chi connectivity index (χ3n) is 9.05. The van der Waals surface area contributed by atoms with Crippen LogP contribution in [-0.4, -0.2) is 49.9 Å². The summed E-state index contributed by atoms with van der Waals surface area (Å²) in [5, 5.41) is 49.4. The van der Waals surface area contributed by atoms with Crippen molar-refractivity contribution >= 4 is 28.6 Å². The number of nitrogens with zero attached hydrogens (tertiary/aromatic N) is 1. The molecule has 0 saturated heterocycles. The molecule has 0 unspecified atom stereocenters. The number of phenols is 1.